The van der Waals surface area contributed by atoms with Gasteiger partial charge in [0.1, 0.15) is 0 Å². The van der Waals surface area contributed by atoms with Crippen molar-refractivity contribution >= 4 is 17.5 Å². The molecule has 1 aliphatic rings. The van der Waals surface area contributed by atoms with Crippen LogP contribution < -0.4 is 5.32 Å². The van der Waals surface area contributed by atoms with Crippen LogP contribution in [0.4, 0.5) is 5.69 Å². The number of amides is 2. The molecule has 1 aromatic rings. The van der Waals surface area contributed by atoms with Gasteiger partial charge >= 0.3 is 0 Å². The topological polar surface area (TPSA) is 52.7 Å². The molecular formula is C21H33N3O2. The first-order chi connectivity index (χ1) is 12.5. The highest BCUT2D eigenvalue weighted by molar-refractivity contribution is 5.93. The van der Waals surface area contributed by atoms with Gasteiger partial charge in [0, 0.05) is 44.7 Å². The van der Waals surface area contributed by atoms with Gasteiger partial charge in [-0.05, 0) is 43.0 Å². The Morgan fingerprint density at radius 2 is 1.92 bits per heavy atom. The molecule has 5 heteroatoms. The van der Waals surface area contributed by atoms with Crippen LogP contribution in [0, 0.1) is 5.92 Å². The number of hydrogen-bond acceptors (Lipinski definition) is 3. The van der Waals surface area contributed by atoms with Crippen LogP contribution in [0.25, 0.3) is 0 Å². The van der Waals surface area contributed by atoms with Crippen molar-refractivity contribution in [2.45, 2.75) is 46.5 Å². The van der Waals surface area contributed by atoms with Crippen molar-refractivity contribution in [1.29, 1.82) is 0 Å². The average Bonchev–Trinajstić information content (AvgIpc) is 2.85. The zero-order chi connectivity index (χ0) is 18.9. The van der Waals surface area contributed by atoms with Gasteiger partial charge < -0.3 is 15.1 Å². The van der Waals surface area contributed by atoms with Crippen molar-refractivity contribution < 1.29 is 9.59 Å². The summed E-state index contributed by atoms with van der Waals surface area (Å²) in [5.74, 6) is 0.642. The van der Waals surface area contributed by atoms with Crippen molar-refractivity contribution in [1.82, 2.24) is 9.80 Å². The number of carbonyl (C=O) groups is 2. The van der Waals surface area contributed by atoms with E-state index in [0.717, 1.165) is 51.3 Å². The SMILES string of the molecule is CCc1cccc(NC(=O)CCC(=O)N2CCCN(CC(C)C)CC2)c1. The summed E-state index contributed by atoms with van der Waals surface area (Å²) >= 11 is 0. The molecule has 1 saturated heterocycles. The van der Waals surface area contributed by atoms with Crippen molar-refractivity contribution in [3.63, 3.8) is 0 Å². The fourth-order valence-electron chi connectivity index (χ4n) is 3.39. The van der Waals surface area contributed by atoms with Crippen molar-refractivity contribution in [2.24, 2.45) is 5.92 Å². The number of anilines is 1. The van der Waals surface area contributed by atoms with Crippen LogP contribution in [-0.2, 0) is 16.0 Å². The minimum Gasteiger partial charge on any atom is -0.341 e. The van der Waals surface area contributed by atoms with Crippen LogP contribution in [0.15, 0.2) is 24.3 Å². The molecule has 26 heavy (non-hydrogen) atoms. The summed E-state index contributed by atoms with van der Waals surface area (Å²) in [5.41, 5.74) is 2.00. The van der Waals surface area contributed by atoms with Crippen LogP contribution >= 0.6 is 0 Å². The molecule has 0 spiro atoms. The first-order valence-electron chi connectivity index (χ1n) is 9.87. The Morgan fingerprint density at radius 3 is 2.65 bits per heavy atom. The predicted octanol–water partition coefficient (Wildman–Crippen LogP) is 3.16. The normalized spacial score (nSPS) is 15.8. The lowest BCUT2D eigenvalue weighted by atomic mass is 10.1. The standard InChI is InChI=1S/C21H33N3O2/c1-4-18-7-5-8-19(15-18)22-20(25)9-10-21(26)24-12-6-11-23(13-14-24)16-17(2)3/h5,7-8,15,17H,4,6,9-14,16H2,1-3H3,(H,22,25). The summed E-state index contributed by atoms with van der Waals surface area (Å²) < 4.78 is 0. The van der Waals surface area contributed by atoms with Gasteiger partial charge in [0.25, 0.3) is 0 Å². The van der Waals surface area contributed by atoms with E-state index in [1.165, 1.54) is 5.56 Å². The maximum Gasteiger partial charge on any atom is 0.224 e. The van der Waals surface area contributed by atoms with Gasteiger partial charge in [0.2, 0.25) is 11.8 Å². The number of aryl methyl sites for hydroxylation is 1. The Hall–Kier alpha value is -1.88. The van der Waals surface area contributed by atoms with E-state index in [1.807, 2.05) is 29.2 Å². The molecular weight excluding hydrogens is 326 g/mol. The largest absolute Gasteiger partial charge is 0.341 e. The molecule has 1 aromatic carbocycles. The van der Waals surface area contributed by atoms with Gasteiger partial charge in [0.05, 0.1) is 0 Å². The van der Waals surface area contributed by atoms with Crippen molar-refractivity contribution in [2.75, 3.05) is 38.0 Å². The zero-order valence-corrected chi connectivity index (χ0v) is 16.5. The maximum absolute atomic E-state index is 12.5. The van der Waals surface area contributed by atoms with Gasteiger partial charge in [-0.25, -0.2) is 0 Å². The molecule has 0 saturated carbocycles. The number of nitrogens with zero attached hydrogens (tertiary/aromatic N) is 2. The van der Waals surface area contributed by atoms with Gasteiger partial charge in [-0.1, -0.05) is 32.9 Å². The first-order valence-corrected chi connectivity index (χ1v) is 9.87. The molecule has 0 radical (unpaired) electrons. The Labute approximate surface area is 157 Å². The third-order valence-corrected chi connectivity index (χ3v) is 4.75. The van der Waals surface area contributed by atoms with Gasteiger partial charge in [-0.3, -0.25) is 9.59 Å². The van der Waals surface area contributed by atoms with Gasteiger partial charge in [-0.15, -0.1) is 0 Å². The fraction of sp³-hybridized carbons (Fsp3) is 0.619. The molecule has 0 aromatic heterocycles. The molecule has 0 atom stereocenters. The Balaban J connectivity index is 1.76. The van der Waals surface area contributed by atoms with Gasteiger partial charge in [-0.2, -0.15) is 0 Å². The van der Waals surface area contributed by atoms with Crippen LogP contribution in [0.3, 0.4) is 0 Å². The van der Waals surface area contributed by atoms with E-state index in [1.54, 1.807) is 0 Å². The summed E-state index contributed by atoms with van der Waals surface area (Å²) in [7, 11) is 0. The Morgan fingerprint density at radius 1 is 1.12 bits per heavy atom. The number of benzene rings is 1. The molecule has 2 rings (SSSR count). The molecule has 0 bridgehead atoms. The lowest BCUT2D eigenvalue weighted by Crippen LogP contribution is -2.36. The number of nitrogens with one attached hydrogen (secondary N) is 1. The molecule has 5 nitrogen and oxygen atoms in total. The lowest BCUT2D eigenvalue weighted by Gasteiger charge is -2.23. The molecule has 144 valence electrons. The minimum absolute atomic E-state index is 0.0915. The average molecular weight is 360 g/mol. The van der Waals surface area contributed by atoms with E-state index in [4.69, 9.17) is 0 Å². The van der Waals surface area contributed by atoms with Gasteiger partial charge in [0.15, 0.2) is 0 Å². The summed E-state index contributed by atoms with van der Waals surface area (Å²) in [6.07, 6.45) is 2.46. The summed E-state index contributed by atoms with van der Waals surface area (Å²) in [6.45, 7) is 11.2. The number of carbonyl (C=O) groups excluding carboxylic acids is 2. The van der Waals surface area contributed by atoms with Crippen LogP contribution in [-0.4, -0.2) is 54.3 Å². The third kappa shape index (κ3) is 6.79. The molecule has 1 fully saturated rings. The van der Waals surface area contributed by atoms with E-state index in [9.17, 15) is 9.59 Å². The van der Waals surface area contributed by atoms with E-state index in [2.05, 4.69) is 31.0 Å². The molecule has 2 amide bonds. The smallest absolute Gasteiger partial charge is 0.224 e. The minimum atomic E-state index is -0.0946. The van der Waals surface area contributed by atoms with E-state index < -0.39 is 0 Å². The molecule has 0 aliphatic carbocycles. The number of hydrogen-bond donors (Lipinski definition) is 1. The number of rotatable bonds is 7. The molecule has 1 N–H and O–H groups in total. The highest BCUT2D eigenvalue weighted by Crippen LogP contribution is 2.12. The predicted molar refractivity (Wildman–Crippen MR) is 106 cm³/mol. The second-order valence-corrected chi connectivity index (χ2v) is 7.53. The van der Waals surface area contributed by atoms with Crippen LogP contribution in [0.5, 0.6) is 0 Å². The summed E-state index contributed by atoms with van der Waals surface area (Å²) in [6, 6.07) is 7.86. The molecule has 0 unspecified atom stereocenters. The Kier molecular flexibility index (Phi) is 8.10. The molecule has 1 aliphatic heterocycles. The zero-order valence-electron chi connectivity index (χ0n) is 16.5. The Bertz CT molecular complexity index is 601. The lowest BCUT2D eigenvalue weighted by molar-refractivity contribution is -0.132. The van der Waals surface area contributed by atoms with E-state index >= 15 is 0 Å². The summed E-state index contributed by atoms with van der Waals surface area (Å²) in [4.78, 5) is 29.0. The quantitative estimate of drug-likeness (QED) is 0.814. The second kappa shape index (κ2) is 10.3. The molecule has 1 heterocycles. The fourth-order valence-corrected chi connectivity index (χ4v) is 3.39. The maximum atomic E-state index is 12.5. The highest BCUT2D eigenvalue weighted by atomic mass is 16.2. The van der Waals surface area contributed by atoms with E-state index in [-0.39, 0.29) is 24.7 Å². The van der Waals surface area contributed by atoms with Crippen LogP contribution in [0.1, 0.15) is 45.6 Å². The summed E-state index contributed by atoms with van der Waals surface area (Å²) in [5, 5.41) is 2.90. The van der Waals surface area contributed by atoms with E-state index in [0.29, 0.717) is 5.92 Å². The third-order valence-electron chi connectivity index (χ3n) is 4.75. The van der Waals surface area contributed by atoms with Crippen LogP contribution in [0.2, 0.25) is 0 Å². The van der Waals surface area contributed by atoms with Crippen molar-refractivity contribution in [3.8, 4) is 0 Å². The highest BCUT2D eigenvalue weighted by Gasteiger charge is 2.20. The first kappa shape index (κ1) is 20.4. The monoisotopic (exact) mass is 359 g/mol. The van der Waals surface area contributed by atoms with Crippen molar-refractivity contribution in [3.05, 3.63) is 29.8 Å². The second-order valence-electron chi connectivity index (χ2n) is 7.53.